The van der Waals surface area contributed by atoms with E-state index in [1.165, 1.54) is 6.92 Å². The molecule has 18 heavy (non-hydrogen) atoms. The van der Waals surface area contributed by atoms with Crippen molar-refractivity contribution in [2.24, 2.45) is 0 Å². The number of hydrogen-bond donors (Lipinski definition) is 0. The first-order chi connectivity index (χ1) is 8.79. The Morgan fingerprint density at radius 3 is 2.83 bits per heavy atom. The van der Waals surface area contributed by atoms with Crippen LogP contribution in [0.15, 0.2) is 41.0 Å². The second kappa shape index (κ2) is 8.50. The van der Waals surface area contributed by atoms with E-state index >= 15 is 0 Å². The summed E-state index contributed by atoms with van der Waals surface area (Å²) in [6, 6.07) is 3.64. The Morgan fingerprint density at radius 1 is 1.39 bits per heavy atom. The molecule has 0 saturated carbocycles. The van der Waals surface area contributed by atoms with E-state index in [9.17, 15) is 4.79 Å². The molecular formula is C15H12O3. The SMILES string of the molecule is CC(=O)OCC=CC#CC#CC=Cc1ccco1. The zero-order chi connectivity index (χ0) is 13.1. The van der Waals surface area contributed by atoms with Gasteiger partial charge in [-0.2, -0.15) is 0 Å². The fourth-order valence-corrected chi connectivity index (χ4v) is 0.938. The van der Waals surface area contributed by atoms with Crippen molar-refractivity contribution in [2.45, 2.75) is 6.92 Å². The lowest BCUT2D eigenvalue weighted by atomic mass is 10.4. The first kappa shape index (κ1) is 13.4. The quantitative estimate of drug-likeness (QED) is 0.601. The highest BCUT2D eigenvalue weighted by atomic mass is 16.5. The molecule has 0 radical (unpaired) electrons. The first-order valence-corrected chi connectivity index (χ1v) is 5.28. The van der Waals surface area contributed by atoms with E-state index in [0.717, 1.165) is 5.76 Å². The molecular weight excluding hydrogens is 228 g/mol. The number of carbonyl (C=O) groups excluding carboxylic acids is 1. The van der Waals surface area contributed by atoms with Gasteiger partial charge in [0.05, 0.1) is 6.26 Å². The molecule has 0 atom stereocenters. The van der Waals surface area contributed by atoms with E-state index in [1.54, 1.807) is 36.6 Å². The molecule has 1 rings (SSSR count). The zero-order valence-corrected chi connectivity index (χ0v) is 9.97. The van der Waals surface area contributed by atoms with E-state index in [-0.39, 0.29) is 12.6 Å². The van der Waals surface area contributed by atoms with Crippen LogP contribution in [0.3, 0.4) is 0 Å². The van der Waals surface area contributed by atoms with Crippen LogP contribution in [0.1, 0.15) is 12.7 Å². The number of ether oxygens (including phenoxy) is 1. The molecule has 0 N–H and O–H groups in total. The van der Waals surface area contributed by atoms with Gasteiger partial charge >= 0.3 is 5.97 Å². The Kier molecular flexibility index (Phi) is 6.33. The Labute approximate surface area is 106 Å². The molecule has 0 aliphatic rings. The zero-order valence-electron chi connectivity index (χ0n) is 9.97. The number of furan rings is 1. The van der Waals surface area contributed by atoms with Gasteiger partial charge in [0.1, 0.15) is 12.4 Å². The predicted octanol–water partition coefficient (Wildman–Crippen LogP) is 2.42. The summed E-state index contributed by atoms with van der Waals surface area (Å²) in [4.78, 5) is 10.4. The lowest BCUT2D eigenvalue weighted by Crippen LogP contribution is -1.96. The predicted molar refractivity (Wildman–Crippen MR) is 69.1 cm³/mol. The lowest BCUT2D eigenvalue weighted by molar-refractivity contribution is -0.139. The molecule has 3 nitrogen and oxygen atoms in total. The number of carbonyl (C=O) groups is 1. The number of hydrogen-bond acceptors (Lipinski definition) is 3. The Bertz CT molecular complexity index is 540. The minimum absolute atomic E-state index is 0.232. The van der Waals surface area contributed by atoms with Crippen molar-refractivity contribution in [3.05, 3.63) is 42.4 Å². The van der Waals surface area contributed by atoms with Crippen LogP contribution in [0.2, 0.25) is 0 Å². The second-order valence-corrected chi connectivity index (χ2v) is 3.09. The van der Waals surface area contributed by atoms with E-state index in [4.69, 9.17) is 4.42 Å². The van der Waals surface area contributed by atoms with Crippen LogP contribution in [0, 0.1) is 23.7 Å². The highest BCUT2D eigenvalue weighted by molar-refractivity contribution is 5.66. The van der Waals surface area contributed by atoms with E-state index in [2.05, 4.69) is 28.4 Å². The van der Waals surface area contributed by atoms with Crippen LogP contribution in [0.4, 0.5) is 0 Å². The smallest absolute Gasteiger partial charge is 0.302 e. The van der Waals surface area contributed by atoms with Crippen LogP contribution in [0.5, 0.6) is 0 Å². The van der Waals surface area contributed by atoms with Crippen LogP contribution < -0.4 is 0 Å². The minimum Gasteiger partial charge on any atom is -0.465 e. The monoisotopic (exact) mass is 240 g/mol. The normalized spacial score (nSPS) is 9.61. The molecule has 0 aromatic carbocycles. The highest BCUT2D eigenvalue weighted by Gasteiger charge is 1.85. The molecule has 90 valence electrons. The second-order valence-electron chi connectivity index (χ2n) is 3.09. The van der Waals surface area contributed by atoms with Gasteiger partial charge in [-0.3, -0.25) is 4.79 Å². The fourth-order valence-electron chi connectivity index (χ4n) is 0.938. The summed E-state index contributed by atoms with van der Waals surface area (Å²) in [5.74, 6) is 11.2. The summed E-state index contributed by atoms with van der Waals surface area (Å²) in [6.45, 7) is 1.59. The molecule has 0 aliphatic heterocycles. The highest BCUT2D eigenvalue weighted by Crippen LogP contribution is 2.00. The fraction of sp³-hybridized carbons (Fsp3) is 0.133. The Hall–Kier alpha value is -2.65. The number of esters is 1. The maximum atomic E-state index is 10.4. The van der Waals surface area contributed by atoms with Gasteiger partial charge in [-0.05, 0) is 48.3 Å². The maximum absolute atomic E-state index is 10.4. The average Bonchev–Trinajstić information content (AvgIpc) is 2.84. The number of allylic oxidation sites excluding steroid dienone is 2. The molecule has 0 spiro atoms. The van der Waals surface area contributed by atoms with Crippen molar-refractivity contribution >= 4 is 12.0 Å². The first-order valence-electron chi connectivity index (χ1n) is 5.28. The standard InChI is InChI=1S/C15H12O3/c1-14(16)17-12-8-6-4-2-3-5-7-10-15-11-9-13-18-15/h6-11,13H,12H2,1H3. The van der Waals surface area contributed by atoms with Crippen LogP contribution >= 0.6 is 0 Å². The average molecular weight is 240 g/mol. The maximum Gasteiger partial charge on any atom is 0.302 e. The van der Waals surface area contributed by atoms with Crippen molar-refractivity contribution in [2.75, 3.05) is 6.61 Å². The van der Waals surface area contributed by atoms with E-state index in [1.807, 2.05) is 6.07 Å². The molecule has 0 bridgehead atoms. The molecule has 3 heteroatoms. The van der Waals surface area contributed by atoms with Gasteiger partial charge in [0, 0.05) is 6.92 Å². The topological polar surface area (TPSA) is 39.4 Å². The molecule has 1 heterocycles. The number of rotatable bonds is 3. The molecule has 0 unspecified atom stereocenters. The van der Waals surface area contributed by atoms with Gasteiger partial charge in [-0.15, -0.1) is 0 Å². The van der Waals surface area contributed by atoms with Gasteiger partial charge < -0.3 is 9.15 Å². The third kappa shape index (κ3) is 6.76. The molecule has 0 amide bonds. The largest absolute Gasteiger partial charge is 0.465 e. The van der Waals surface area contributed by atoms with Crippen LogP contribution in [-0.4, -0.2) is 12.6 Å². The van der Waals surface area contributed by atoms with Crippen molar-refractivity contribution < 1.29 is 13.9 Å². The molecule has 1 aromatic heterocycles. The van der Waals surface area contributed by atoms with Crippen LogP contribution in [0.25, 0.3) is 6.08 Å². The molecule has 0 fully saturated rings. The third-order valence-electron chi connectivity index (χ3n) is 1.66. The third-order valence-corrected chi connectivity index (χ3v) is 1.66. The lowest BCUT2D eigenvalue weighted by Gasteiger charge is -1.91. The molecule has 1 aromatic rings. The molecule has 0 aliphatic carbocycles. The van der Waals surface area contributed by atoms with E-state index in [0.29, 0.717) is 0 Å². The van der Waals surface area contributed by atoms with Crippen molar-refractivity contribution in [1.82, 2.24) is 0 Å². The van der Waals surface area contributed by atoms with Crippen molar-refractivity contribution in [3.63, 3.8) is 0 Å². The molecule has 0 saturated heterocycles. The summed E-state index contributed by atoms with van der Waals surface area (Å²) in [5, 5.41) is 0. The Morgan fingerprint density at radius 2 is 2.17 bits per heavy atom. The summed E-state index contributed by atoms with van der Waals surface area (Å²) in [7, 11) is 0. The Balaban J connectivity index is 2.27. The summed E-state index contributed by atoms with van der Waals surface area (Å²) >= 11 is 0. The minimum atomic E-state index is -0.310. The van der Waals surface area contributed by atoms with Gasteiger partial charge in [-0.25, -0.2) is 0 Å². The summed E-state index contributed by atoms with van der Waals surface area (Å²) < 4.78 is 9.76. The van der Waals surface area contributed by atoms with Gasteiger partial charge in [0.25, 0.3) is 0 Å². The van der Waals surface area contributed by atoms with Crippen molar-refractivity contribution in [1.29, 1.82) is 0 Å². The summed E-state index contributed by atoms with van der Waals surface area (Å²) in [6.07, 6.45) is 8.25. The summed E-state index contributed by atoms with van der Waals surface area (Å²) in [5.41, 5.74) is 0. The van der Waals surface area contributed by atoms with Gasteiger partial charge in [0.2, 0.25) is 0 Å². The van der Waals surface area contributed by atoms with Gasteiger partial charge in [-0.1, -0.05) is 11.8 Å². The van der Waals surface area contributed by atoms with E-state index < -0.39 is 0 Å². The van der Waals surface area contributed by atoms with Crippen LogP contribution in [-0.2, 0) is 9.53 Å². The van der Waals surface area contributed by atoms with Gasteiger partial charge in [0.15, 0.2) is 0 Å². The van der Waals surface area contributed by atoms with Crippen molar-refractivity contribution in [3.8, 4) is 23.7 Å².